The van der Waals surface area contributed by atoms with Crippen molar-refractivity contribution in [2.24, 2.45) is 0 Å². The third-order valence-electron chi connectivity index (χ3n) is 8.56. The fourth-order valence-corrected chi connectivity index (χ4v) is 6.34. The third kappa shape index (κ3) is 31.1. The molecule has 230 valence electrons. The lowest BCUT2D eigenvalue weighted by molar-refractivity contribution is 0.515. The summed E-state index contributed by atoms with van der Waals surface area (Å²) in [7, 11) is 0. The van der Waals surface area contributed by atoms with Gasteiger partial charge < -0.3 is 0 Å². The van der Waals surface area contributed by atoms with Crippen molar-refractivity contribution in [3.63, 3.8) is 0 Å². The van der Waals surface area contributed by atoms with Gasteiger partial charge in [-0.25, -0.2) is 0 Å². The molecule has 0 aliphatic heterocycles. The third-order valence-corrected chi connectivity index (χ3v) is 9.73. The first kappa shape index (κ1) is 38.6. The van der Waals surface area contributed by atoms with Crippen molar-refractivity contribution in [1.29, 1.82) is 0 Å². The van der Waals surface area contributed by atoms with Crippen LogP contribution in [0.25, 0.3) is 0 Å². The van der Waals surface area contributed by atoms with Gasteiger partial charge in [-0.1, -0.05) is 206 Å². The lowest BCUT2D eigenvalue weighted by Crippen LogP contribution is -2.14. The molecule has 0 saturated heterocycles. The smallest absolute Gasteiger partial charge is 0.0499 e. The maximum Gasteiger partial charge on any atom is 0.0499 e. The van der Waals surface area contributed by atoms with E-state index in [9.17, 15) is 0 Å². The Hall–Kier alpha value is 0.580. The van der Waals surface area contributed by atoms with Crippen LogP contribution in [0.3, 0.4) is 0 Å². The molecule has 0 N–H and O–H groups in total. The van der Waals surface area contributed by atoms with Gasteiger partial charge in [0.15, 0.2) is 0 Å². The zero-order chi connectivity index (χ0) is 27.8. The van der Waals surface area contributed by atoms with Gasteiger partial charge in [0.05, 0.1) is 0 Å². The molecule has 0 rings (SSSR count). The molecule has 0 amide bonds. The van der Waals surface area contributed by atoms with Crippen LogP contribution in [0.15, 0.2) is 0 Å². The van der Waals surface area contributed by atoms with Gasteiger partial charge in [0, 0.05) is 10.8 Å². The predicted molar refractivity (Wildman–Crippen MR) is 178 cm³/mol. The highest BCUT2D eigenvalue weighted by molar-refractivity contribution is 6.29. The normalized spacial score (nSPS) is 13.3. The Morgan fingerprint density at radius 1 is 0.263 bits per heavy atom. The van der Waals surface area contributed by atoms with Crippen molar-refractivity contribution in [2.45, 2.75) is 230 Å². The van der Waals surface area contributed by atoms with Crippen LogP contribution in [0.5, 0.6) is 0 Å². The minimum absolute atomic E-state index is 0.172. The SMILES string of the molecule is CCCCCCCCCCCCCCCCCC(Cl)C(Cl)CCCCCCCCCCCCCCCCC. The van der Waals surface area contributed by atoms with Crippen LogP contribution in [-0.2, 0) is 0 Å². The summed E-state index contributed by atoms with van der Waals surface area (Å²) >= 11 is 13.2. The highest BCUT2D eigenvalue weighted by Gasteiger charge is 2.15. The Morgan fingerprint density at radius 2 is 0.421 bits per heavy atom. The summed E-state index contributed by atoms with van der Waals surface area (Å²) in [6.07, 6.45) is 44.7. The maximum absolute atomic E-state index is 6.62. The van der Waals surface area contributed by atoms with Crippen LogP contribution in [0.4, 0.5) is 0 Å². The van der Waals surface area contributed by atoms with E-state index in [0.29, 0.717) is 0 Å². The highest BCUT2D eigenvalue weighted by Crippen LogP contribution is 2.23. The van der Waals surface area contributed by atoms with Gasteiger partial charge in [0.25, 0.3) is 0 Å². The molecule has 0 heterocycles. The van der Waals surface area contributed by atoms with Gasteiger partial charge in [-0.2, -0.15) is 0 Å². The monoisotopic (exact) mass is 575 g/mol. The van der Waals surface area contributed by atoms with E-state index >= 15 is 0 Å². The summed E-state index contributed by atoms with van der Waals surface area (Å²) in [5, 5.41) is 0.343. The quantitative estimate of drug-likeness (QED) is 0.0539. The Bertz CT molecular complexity index is 372. The molecule has 0 spiro atoms. The number of unbranched alkanes of at least 4 members (excludes halogenated alkanes) is 28. The topological polar surface area (TPSA) is 0 Å². The molecule has 38 heavy (non-hydrogen) atoms. The highest BCUT2D eigenvalue weighted by atomic mass is 35.5. The fraction of sp³-hybridized carbons (Fsp3) is 1.00. The first-order valence-corrected chi connectivity index (χ1v) is 18.9. The molecule has 0 aromatic heterocycles. The van der Waals surface area contributed by atoms with Gasteiger partial charge in [-0.3, -0.25) is 0 Å². The molecule has 0 saturated carbocycles. The summed E-state index contributed by atoms with van der Waals surface area (Å²) in [6, 6.07) is 0. The Kier molecular flexibility index (Phi) is 34.3. The molecule has 0 aromatic rings. The molecule has 0 nitrogen and oxygen atoms in total. The number of rotatable bonds is 33. The molecule has 0 aromatic carbocycles. The van der Waals surface area contributed by atoms with Crippen molar-refractivity contribution in [2.75, 3.05) is 0 Å². The molecule has 0 bridgehead atoms. The zero-order valence-electron chi connectivity index (χ0n) is 26.5. The van der Waals surface area contributed by atoms with Crippen LogP contribution in [0.2, 0.25) is 0 Å². The summed E-state index contributed by atoms with van der Waals surface area (Å²) in [5.74, 6) is 0. The average molecular weight is 576 g/mol. The van der Waals surface area contributed by atoms with Crippen LogP contribution in [0, 0.1) is 0 Å². The molecule has 2 unspecified atom stereocenters. The Balaban J connectivity index is 3.26. The van der Waals surface area contributed by atoms with Crippen LogP contribution in [0.1, 0.15) is 219 Å². The van der Waals surface area contributed by atoms with Crippen LogP contribution < -0.4 is 0 Å². The maximum atomic E-state index is 6.62. The summed E-state index contributed by atoms with van der Waals surface area (Å²) in [5.41, 5.74) is 0. The molecule has 0 fully saturated rings. The first-order valence-electron chi connectivity index (χ1n) is 18.0. The molecule has 0 radical (unpaired) electrons. The summed E-state index contributed by atoms with van der Waals surface area (Å²) in [4.78, 5) is 0. The van der Waals surface area contributed by atoms with Crippen molar-refractivity contribution in [1.82, 2.24) is 0 Å². The minimum atomic E-state index is 0.172. The van der Waals surface area contributed by atoms with Crippen molar-refractivity contribution < 1.29 is 0 Å². The van der Waals surface area contributed by atoms with Crippen LogP contribution >= 0.6 is 23.2 Å². The van der Waals surface area contributed by atoms with Crippen molar-refractivity contribution in [3.8, 4) is 0 Å². The summed E-state index contributed by atoms with van der Waals surface area (Å²) in [6.45, 7) is 4.60. The number of hydrogen-bond acceptors (Lipinski definition) is 0. The lowest BCUT2D eigenvalue weighted by atomic mass is 10.0. The Labute approximate surface area is 252 Å². The second kappa shape index (κ2) is 33.8. The second-order valence-electron chi connectivity index (χ2n) is 12.5. The number of alkyl halides is 2. The van der Waals surface area contributed by atoms with Crippen molar-refractivity contribution >= 4 is 23.2 Å². The van der Waals surface area contributed by atoms with E-state index in [1.54, 1.807) is 0 Å². The molecule has 0 aliphatic carbocycles. The fourth-order valence-electron chi connectivity index (χ4n) is 5.78. The van der Waals surface area contributed by atoms with E-state index in [4.69, 9.17) is 23.2 Å². The predicted octanol–water partition coefficient (Wildman–Crippen LogP) is 14.7. The van der Waals surface area contributed by atoms with E-state index in [0.717, 1.165) is 12.8 Å². The molecular formula is C36H72Cl2. The van der Waals surface area contributed by atoms with Gasteiger partial charge >= 0.3 is 0 Å². The standard InChI is InChI=1S/C36H72Cl2/c1-3-5-7-9-11-13-15-17-19-21-23-25-27-29-31-33-35(37)36(38)34-32-30-28-26-24-22-20-18-16-14-12-10-8-6-4-2/h35-36H,3-34H2,1-2H3. The zero-order valence-corrected chi connectivity index (χ0v) is 28.0. The molecular weight excluding hydrogens is 503 g/mol. The van der Waals surface area contributed by atoms with Crippen molar-refractivity contribution in [3.05, 3.63) is 0 Å². The van der Waals surface area contributed by atoms with E-state index in [1.807, 2.05) is 0 Å². The summed E-state index contributed by atoms with van der Waals surface area (Å²) < 4.78 is 0. The molecule has 0 aliphatic rings. The average Bonchev–Trinajstić information content (AvgIpc) is 2.92. The van der Waals surface area contributed by atoms with Gasteiger partial charge in [0.1, 0.15) is 0 Å². The van der Waals surface area contributed by atoms with E-state index in [2.05, 4.69) is 13.8 Å². The van der Waals surface area contributed by atoms with Gasteiger partial charge in [-0.05, 0) is 12.8 Å². The van der Waals surface area contributed by atoms with E-state index in [-0.39, 0.29) is 10.8 Å². The first-order chi connectivity index (χ1) is 18.7. The Morgan fingerprint density at radius 3 is 0.605 bits per heavy atom. The number of hydrogen-bond donors (Lipinski definition) is 0. The van der Waals surface area contributed by atoms with E-state index in [1.165, 1.54) is 193 Å². The molecule has 2 heteroatoms. The van der Waals surface area contributed by atoms with E-state index < -0.39 is 0 Å². The second-order valence-corrected chi connectivity index (χ2v) is 13.6. The van der Waals surface area contributed by atoms with Gasteiger partial charge in [0.2, 0.25) is 0 Å². The molecule has 2 atom stereocenters. The largest absolute Gasteiger partial charge is 0.121 e. The minimum Gasteiger partial charge on any atom is -0.121 e. The van der Waals surface area contributed by atoms with Crippen LogP contribution in [-0.4, -0.2) is 10.8 Å². The lowest BCUT2D eigenvalue weighted by Gasteiger charge is -2.16. The van der Waals surface area contributed by atoms with Gasteiger partial charge in [-0.15, -0.1) is 23.2 Å². The number of halogens is 2.